The Bertz CT molecular complexity index is 887. The van der Waals surface area contributed by atoms with Crippen molar-refractivity contribution in [3.05, 3.63) is 47.3 Å². The molecule has 4 rings (SSSR count). The van der Waals surface area contributed by atoms with Gasteiger partial charge in [0, 0.05) is 45.2 Å². The summed E-state index contributed by atoms with van der Waals surface area (Å²) >= 11 is 0. The highest BCUT2D eigenvalue weighted by Crippen LogP contribution is 2.24. The van der Waals surface area contributed by atoms with Gasteiger partial charge in [0.05, 0.1) is 23.3 Å². The van der Waals surface area contributed by atoms with Gasteiger partial charge in [-0.05, 0) is 12.1 Å². The third kappa shape index (κ3) is 2.44. The minimum Gasteiger partial charge on any atom is -0.335 e. The molecule has 5 nitrogen and oxygen atoms in total. The van der Waals surface area contributed by atoms with Crippen LogP contribution >= 0.6 is 0 Å². The topological polar surface area (TPSA) is 38.9 Å². The van der Waals surface area contributed by atoms with Gasteiger partial charge < -0.3 is 9.13 Å². The van der Waals surface area contributed by atoms with E-state index in [9.17, 15) is 0 Å². The maximum absolute atomic E-state index is 4.90. The number of aromatic nitrogens is 4. The predicted molar refractivity (Wildman–Crippen MR) is 95.8 cm³/mol. The number of benzene rings is 1. The zero-order valence-electron chi connectivity index (χ0n) is 15.0. The third-order valence-corrected chi connectivity index (χ3v) is 5.13. The molecule has 5 heteroatoms. The molecule has 3 aromatic rings. The molecule has 2 aromatic heterocycles. The number of hydrogen-bond donors (Lipinski definition) is 0. The molecule has 1 aliphatic rings. The van der Waals surface area contributed by atoms with Crippen LogP contribution in [0.2, 0.25) is 0 Å². The molecule has 0 N–H and O–H groups in total. The molecule has 24 heavy (non-hydrogen) atoms. The van der Waals surface area contributed by atoms with Crippen LogP contribution in [0.5, 0.6) is 0 Å². The first-order valence-electron chi connectivity index (χ1n) is 8.71. The normalized spacial score (nSPS) is 15.4. The van der Waals surface area contributed by atoms with Crippen LogP contribution in [0.4, 0.5) is 0 Å². The minimum absolute atomic E-state index is 0.467. The summed E-state index contributed by atoms with van der Waals surface area (Å²) in [6.07, 6.45) is 1.06. The van der Waals surface area contributed by atoms with Gasteiger partial charge in [0.15, 0.2) is 0 Å². The Kier molecular flexibility index (Phi) is 3.68. The molecule has 0 fully saturated rings. The smallest absolute Gasteiger partial charge is 0.123 e. The van der Waals surface area contributed by atoms with Gasteiger partial charge in [0.2, 0.25) is 0 Å². The van der Waals surface area contributed by atoms with Gasteiger partial charge >= 0.3 is 0 Å². The summed E-state index contributed by atoms with van der Waals surface area (Å²) in [5, 5.41) is 0. The molecule has 1 aliphatic heterocycles. The predicted octanol–water partition coefficient (Wildman–Crippen LogP) is 2.99. The Labute approximate surface area is 142 Å². The fraction of sp³-hybridized carbons (Fsp3) is 0.474. The number of para-hydroxylation sites is 2. The summed E-state index contributed by atoms with van der Waals surface area (Å²) in [4.78, 5) is 12.2. The molecule has 0 amide bonds. The highest BCUT2D eigenvalue weighted by atomic mass is 15.2. The number of imidazole rings is 2. The molecule has 0 aliphatic carbocycles. The highest BCUT2D eigenvalue weighted by Gasteiger charge is 2.24. The third-order valence-electron chi connectivity index (χ3n) is 5.13. The summed E-state index contributed by atoms with van der Waals surface area (Å²) in [6, 6.07) is 8.34. The fourth-order valence-electron chi connectivity index (χ4n) is 3.79. The van der Waals surface area contributed by atoms with Crippen molar-refractivity contribution < 1.29 is 0 Å². The number of rotatable bonds is 3. The van der Waals surface area contributed by atoms with Gasteiger partial charge in [-0.25, -0.2) is 9.97 Å². The Morgan fingerprint density at radius 2 is 1.88 bits per heavy atom. The maximum Gasteiger partial charge on any atom is 0.123 e. The number of fused-ring (bicyclic) bond motifs is 2. The Hall–Kier alpha value is -2.14. The molecular formula is C19H25N5. The van der Waals surface area contributed by atoms with Crippen molar-refractivity contribution in [2.24, 2.45) is 14.1 Å². The molecular weight excluding hydrogens is 298 g/mol. The lowest BCUT2D eigenvalue weighted by atomic mass is 10.1. The molecule has 126 valence electrons. The van der Waals surface area contributed by atoms with Crippen molar-refractivity contribution in [1.29, 1.82) is 0 Å². The standard InChI is InChI=1S/C19H25N5/c1-13(2)19-21-15-11-24(10-9-17(15)23(19)4)12-18-20-14-7-5-6-8-16(14)22(18)3/h5-8,13H,9-12H2,1-4H3. The van der Waals surface area contributed by atoms with Crippen molar-refractivity contribution in [2.75, 3.05) is 6.54 Å². The molecule has 1 aromatic carbocycles. The Morgan fingerprint density at radius 3 is 2.62 bits per heavy atom. The lowest BCUT2D eigenvalue weighted by Crippen LogP contribution is -2.31. The summed E-state index contributed by atoms with van der Waals surface area (Å²) in [5.41, 5.74) is 4.92. The van der Waals surface area contributed by atoms with Crippen molar-refractivity contribution in [3.8, 4) is 0 Å². The Morgan fingerprint density at radius 1 is 1.08 bits per heavy atom. The van der Waals surface area contributed by atoms with Gasteiger partial charge in [-0.1, -0.05) is 26.0 Å². The van der Waals surface area contributed by atoms with Crippen molar-refractivity contribution in [1.82, 2.24) is 24.0 Å². The van der Waals surface area contributed by atoms with E-state index in [1.54, 1.807) is 0 Å². The van der Waals surface area contributed by atoms with Crippen molar-refractivity contribution >= 4 is 11.0 Å². The lowest BCUT2D eigenvalue weighted by molar-refractivity contribution is 0.232. The van der Waals surface area contributed by atoms with E-state index in [0.29, 0.717) is 5.92 Å². The molecule has 0 unspecified atom stereocenters. The molecule has 0 radical (unpaired) electrons. The van der Waals surface area contributed by atoms with Crippen LogP contribution < -0.4 is 0 Å². The van der Waals surface area contributed by atoms with Gasteiger partial charge in [0.1, 0.15) is 11.6 Å². The quantitative estimate of drug-likeness (QED) is 0.744. The summed E-state index contributed by atoms with van der Waals surface area (Å²) in [7, 11) is 4.26. The van der Waals surface area contributed by atoms with Gasteiger partial charge in [0.25, 0.3) is 0 Å². The van der Waals surface area contributed by atoms with Crippen LogP contribution in [-0.2, 0) is 33.6 Å². The first kappa shape index (κ1) is 15.4. The van der Waals surface area contributed by atoms with Crippen LogP contribution in [0.3, 0.4) is 0 Å². The van der Waals surface area contributed by atoms with Gasteiger partial charge in [-0.2, -0.15) is 0 Å². The van der Waals surface area contributed by atoms with Crippen LogP contribution in [0.25, 0.3) is 11.0 Å². The average Bonchev–Trinajstić information content (AvgIpc) is 3.06. The maximum atomic E-state index is 4.90. The number of nitrogens with zero attached hydrogens (tertiary/aromatic N) is 5. The second kappa shape index (κ2) is 5.74. The molecule has 0 atom stereocenters. The van der Waals surface area contributed by atoms with Crippen LogP contribution in [0.15, 0.2) is 24.3 Å². The molecule has 0 spiro atoms. The molecule has 0 saturated carbocycles. The summed E-state index contributed by atoms with van der Waals surface area (Å²) in [6.45, 7) is 7.28. The zero-order chi connectivity index (χ0) is 16.8. The molecule has 3 heterocycles. The van der Waals surface area contributed by atoms with E-state index in [1.807, 2.05) is 6.07 Å². The number of hydrogen-bond acceptors (Lipinski definition) is 3. The van der Waals surface area contributed by atoms with E-state index in [0.717, 1.165) is 37.4 Å². The summed E-state index contributed by atoms with van der Waals surface area (Å²) in [5.74, 6) is 2.79. The highest BCUT2D eigenvalue weighted by molar-refractivity contribution is 5.75. The van der Waals surface area contributed by atoms with Crippen LogP contribution in [0.1, 0.15) is 42.8 Å². The number of aryl methyl sites for hydroxylation is 1. The summed E-state index contributed by atoms with van der Waals surface area (Å²) < 4.78 is 4.51. The van der Waals surface area contributed by atoms with Crippen LogP contribution in [-0.4, -0.2) is 30.5 Å². The average molecular weight is 323 g/mol. The van der Waals surface area contributed by atoms with Gasteiger partial charge in [-0.3, -0.25) is 4.90 Å². The SMILES string of the molecule is CC(C)c1nc2c(n1C)CCN(Cc1nc3ccccc3n1C)C2. The minimum atomic E-state index is 0.467. The lowest BCUT2D eigenvalue weighted by Gasteiger charge is -2.26. The largest absolute Gasteiger partial charge is 0.335 e. The van der Waals surface area contributed by atoms with E-state index in [2.05, 4.69) is 60.2 Å². The second-order valence-electron chi connectivity index (χ2n) is 7.11. The zero-order valence-corrected chi connectivity index (χ0v) is 15.0. The van der Waals surface area contributed by atoms with E-state index >= 15 is 0 Å². The van der Waals surface area contributed by atoms with Crippen LogP contribution in [0, 0.1) is 0 Å². The monoisotopic (exact) mass is 323 g/mol. The van der Waals surface area contributed by atoms with E-state index < -0.39 is 0 Å². The Balaban J connectivity index is 1.58. The van der Waals surface area contributed by atoms with Crippen molar-refractivity contribution in [3.63, 3.8) is 0 Å². The molecule has 0 bridgehead atoms. The fourth-order valence-corrected chi connectivity index (χ4v) is 3.79. The van der Waals surface area contributed by atoms with Crippen molar-refractivity contribution in [2.45, 2.75) is 39.3 Å². The van der Waals surface area contributed by atoms with E-state index in [1.165, 1.54) is 22.7 Å². The second-order valence-corrected chi connectivity index (χ2v) is 7.11. The molecule has 0 saturated heterocycles. The van der Waals surface area contributed by atoms with Gasteiger partial charge in [-0.15, -0.1) is 0 Å². The van der Waals surface area contributed by atoms with E-state index in [-0.39, 0.29) is 0 Å². The van der Waals surface area contributed by atoms with E-state index in [4.69, 9.17) is 9.97 Å². The first-order valence-corrected chi connectivity index (χ1v) is 8.71. The first-order chi connectivity index (χ1) is 11.5.